The van der Waals surface area contributed by atoms with Gasteiger partial charge in [0.1, 0.15) is 17.8 Å². The van der Waals surface area contributed by atoms with E-state index in [1.165, 1.54) is 12.1 Å². The van der Waals surface area contributed by atoms with Gasteiger partial charge >= 0.3 is 0 Å². The fourth-order valence-corrected chi connectivity index (χ4v) is 6.55. The SMILES string of the molecule is CC(C)c1nc2c(c(-c3ccc(F)cc3)c1/C=C/[C@@H]1C[C@H](CC=O)OC(C)(C)O1)CCCc1nc(C(=O)NCCCN(C)C)ccc1-2. The monoisotopic (exact) mass is 642 g/mol. The van der Waals surface area contributed by atoms with Crippen molar-refractivity contribution in [2.75, 3.05) is 27.2 Å². The largest absolute Gasteiger partial charge is 0.351 e. The first-order valence-corrected chi connectivity index (χ1v) is 16.7. The first-order valence-electron chi connectivity index (χ1n) is 16.7. The van der Waals surface area contributed by atoms with Crippen LogP contribution in [0.2, 0.25) is 0 Å². The van der Waals surface area contributed by atoms with Crippen molar-refractivity contribution in [2.45, 2.75) is 90.1 Å². The number of aldehydes is 1. The maximum Gasteiger partial charge on any atom is 0.269 e. The molecule has 3 aromatic rings. The molecule has 0 spiro atoms. The molecule has 0 bridgehead atoms. The molecule has 1 amide bonds. The molecule has 0 radical (unpaired) electrons. The number of carbonyl (C=O) groups excluding carboxylic acids is 2. The summed E-state index contributed by atoms with van der Waals surface area (Å²) in [5.74, 6) is -1.22. The quantitative estimate of drug-likeness (QED) is 0.183. The van der Waals surface area contributed by atoms with Gasteiger partial charge in [-0.05, 0) is 107 Å². The van der Waals surface area contributed by atoms with Crippen LogP contribution in [0.4, 0.5) is 4.39 Å². The van der Waals surface area contributed by atoms with Gasteiger partial charge in [0.15, 0.2) is 5.79 Å². The molecular formula is C38H47FN4O4. The van der Waals surface area contributed by atoms with Gasteiger partial charge in [0, 0.05) is 30.5 Å². The lowest BCUT2D eigenvalue weighted by Gasteiger charge is -2.39. The molecule has 47 heavy (non-hydrogen) atoms. The van der Waals surface area contributed by atoms with Crippen molar-refractivity contribution in [3.8, 4) is 22.4 Å². The number of fused-ring (bicyclic) bond motifs is 3. The summed E-state index contributed by atoms with van der Waals surface area (Å²) in [4.78, 5) is 36.5. The number of aryl methyl sites for hydroxylation is 1. The highest BCUT2D eigenvalue weighted by molar-refractivity contribution is 5.93. The molecule has 1 aliphatic heterocycles. The van der Waals surface area contributed by atoms with Crippen LogP contribution in [0.15, 0.2) is 42.5 Å². The summed E-state index contributed by atoms with van der Waals surface area (Å²) in [6.07, 6.45) is 8.53. The van der Waals surface area contributed by atoms with Gasteiger partial charge in [0.05, 0.1) is 29.3 Å². The third-order valence-corrected chi connectivity index (χ3v) is 8.63. The van der Waals surface area contributed by atoms with E-state index in [0.717, 1.165) is 77.0 Å². The van der Waals surface area contributed by atoms with Crippen molar-refractivity contribution >= 4 is 18.3 Å². The van der Waals surface area contributed by atoms with Crippen LogP contribution < -0.4 is 5.32 Å². The minimum absolute atomic E-state index is 0.0703. The lowest BCUT2D eigenvalue weighted by Crippen LogP contribution is -2.44. The topological polar surface area (TPSA) is 93.6 Å². The van der Waals surface area contributed by atoms with Crippen molar-refractivity contribution < 1.29 is 23.5 Å². The summed E-state index contributed by atoms with van der Waals surface area (Å²) in [6.45, 7) is 9.45. The number of hydrogen-bond acceptors (Lipinski definition) is 7. The predicted molar refractivity (Wildman–Crippen MR) is 183 cm³/mol. The molecule has 250 valence electrons. The standard InChI is InChI=1S/C38H47FN4O4/c1-24(2)35-31(16-15-27-23-28(19-22-44)47-38(3,4)46-27)34(25-11-13-26(39)14-12-25)30-9-7-10-32-29(36(30)42-35)17-18-33(41-32)37(45)40-20-8-21-43(5)6/h11-18,22,24,27-28H,7-10,19-21,23H2,1-6H3,(H,40,45)/b16-15+/t27-,28+/m1/s1. The molecule has 1 saturated heterocycles. The fourth-order valence-electron chi connectivity index (χ4n) is 6.55. The van der Waals surface area contributed by atoms with Crippen LogP contribution in [-0.4, -0.2) is 72.2 Å². The number of aromatic nitrogens is 2. The molecule has 0 saturated carbocycles. The zero-order valence-corrected chi connectivity index (χ0v) is 28.4. The second-order valence-corrected chi connectivity index (χ2v) is 13.5. The van der Waals surface area contributed by atoms with Crippen molar-refractivity contribution in [2.24, 2.45) is 0 Å². The summed E-state index contributed by atoms with van der Waals surface area (Å²) >= 11 is 0. The van der Waals surface area contributed by atoms with Crippen LogP contribution in [0.25, 0.3) is 28.5 Å². The Kier molecular flexibility index (Phi) is 11.0. The predicted octanol–water partition coefficient (Wildman–Crippen LogP) is 6.76. The van der Waals surface area contributed by atoms with E-state index >= 15 is 0 Å². The Morgan fingerprint density at radius 3 is 2.57 bits per heavy atom. The summed E-state index contributed by atoms with van der Waals surface area (Å²) in [7, 11) is 4.03. The van der Waals surface area contributed by atoms with E-state index in [0.29, 0.717) is 31.5 Å². The van der Waals surface area contributed by atoms with Crippen LogP contribution in [0.1, 0.15) is 92.3 Å². The second-order valence-electron chi connectivity index (χ2n) is 13.5. The summed E-state index contributed by atoms with van der Waals surface area (Å²) in [5, 5.41) is 3.00. The van der Waals surface area contributed by atoms with Crippen LogP contribution >= 0.6 is 0 Å². The minimum atomic E-state index is -0.827. The number of halogens is 1. The van der Waals surface area contributed by atoms with Crippen LogP contribution in [0, 0.1) is 5.82 Å². The Labute approximate surface area is 277 Å². The van der Waals surface area contributed by atoms with E-state index in [-0.39, 0.29) is 29.9 Å². The summed E-state index contributed by atoms with van der Waals surface area (Å²) in [5.41, 5.74) is 7.93. The van der Waals surface area contributed by atoms with Gasteiger partial charge in [0.25, 0.3) is 5.91 Å². The molecule has 2 aromatic heterocycles. The van der Waals surface area contributed by atoms with Crippen molar-refractivity contribution in [3.63, 3.8) is 0 Å². The molecule has 1 aliphatic carbocycles. The molecule has 0 unspecified atom stereocenters. The third kappa shape index (κ3) is 8.39. The maximum absolute atomic E-state index is 14.2. The smallest absolute Gasteiger partial charge is 0.269 e. The van der Waals surface area contributed by atoms with Crippen molar-refractivity contribution in [3.05, 3.63) is 76.5 Å². The van der Waals surface area contributed by atoms with Gasteiger partial charge in [-0.25, -0.2) is 9.37 Å². The van der Waals surface area contributed by atoms with Gasteiger partial charge < -0.3 is 24.5 Å². The summed E-state index contributed by atoms with van der Waals surface area (Å²) in [6, 6.07) is 10.4. The van der Waals surface area contributed by atoms with Gasteiger partial charge in [-0.1, -0.05) is 38.1 Å². The molecule has 9 heteroatoms. The van der Waals surface area contributed by atoms with E-state index < -0.39 is 5.79 Å². The summed E-state index contributed by atoms with van der Waals surface area (Å²) < 4.78 is 26.4. The number of pyridine rings is 2. The third-order valence-electron chi connectivity index (χ3n) is 8.63. The number of carbonyl (C=O) groups is 2. The molecule has 1 N–H and O–H groups in total. The molecule has 5 rings (SSSR count). The molecule has 1 aromatic carbocycles. The van der Waals surface area contributed by atoms with Crippen LogP contribution in [0.3, 0.4) is 0 Å². The van der Waals surface area contributed by atoms with Crippen molar-refractivity contribution in [1.29, 1.82) is 0 Å². The Hall–Kier alpha value is -3.79. The van der Waals surface area contributed by atoms with Crippen LogP contribution in [0.5, 0.6) is 0 Å². The Bertz CT molecular complexity index is 1620. The molecule has 8 nitrogen and oxygen atoms in total. The molecule has 1 fully saturated rings. The van der Waals surface area contributed by atoms with Crippen molar-refractivity contribution in [1.82, 2.24) is 20.2 Å². The zero-order valence-electron chi connectivity index (χ0n) is 28.4. The Morgan fingerprint density at radius 1 is 1.11 bits per heavy atom. The van der Waals surface area contributed by atoms with E-state index in [1.54, 1.807) is 6.07 Å². The van der Waals surface area contributed by atoms with E-state index in [1.807, 2.05) is 52.2 Å². The van der Waals surface area contributed by atoms with E-state index in [9.17, 15) is 14.0 Å². The molecule has 3 heterocycles. The van der Waals surface area contributed by atoms with Gasteiger partial charge in [-0.15, -0.1) is 0 Å². The number of hydrogen-bond donors (Lipinski definition) is 1. The molecule has 2 atom stereocenters. The lowest BCUT2D eigenvalue weighted by molar-refractivity contribution is -0.289. The number of amides is 1. The zero-order chi connectivity index (χ0) is 33.7. The van der Waals surface area contributed by atoms with E-state index in [2.05, 4.69) is 30.1 Å². The Balaban J connectivity index is 1.59. The lowest BCUT2D eigenvalue weighted by atomic mass is 9.86. The number of nitrogens with one attached hydrogen (secondary N) is 1. The normalized spacial score (nSPS) is 19.0. The maximum atomic E-state index is 14.2. The average Bonchev–Trinajstić information content (AvgIpc) is 3.20. The minimum Gasteiger partial charge on any atom is -0.351 e. The van der Waals surface area contributed by atoms with E-state index in [4.69, 9.17) is 19.4 Å². The van der Waals surface area contributed by atoms with Gasteiger partial charge in [-0.3, -0.25) is 9.78 Å². The highest BCUT2D eigenvalue weighted by Gasteiger charge is 2.34. The highest BCUT2D eigenvalue weighted by Crippen LogP contribution is 2.42. The number of nitrogens with zero attached hydrogens (tertiary/aromatic N) is 3. The van der Waals surface area contributed by atoms with Crippen LogP contribution in [-0.2, 0) is 27.1 Å². The number of benzene rings is 1. The second kappa shape index (κ2) is 15.0. The number of ether oxygens (including phenoxy) is 2. The fraction of sp³-hybridized carbons (Fsp3) is 0.474. The molecule has 2 aliphatic rings. The van der Waals surface area contributed by atoms with Gasteiger partial charge in [-0.2, -0.15) is 0 Å². The van der Waals surface area contributed by atoms with Gasteiger partial charge in [0.2, 0.25) is 0 Å². The number of rotatable bonds is 11. The average molecular weight is 643 g/mol. The molecular weight excluding hydrogens is 595 g/mol. The first-order chi connectivity index (χ1) is 22.5. The highest BCUT2D eigenvalue weighted by atomic mass is 19.1. The Morgan fingerprint density at radius 2 is 1.87 bits per heavy atom. The first kappa shape index (κ1) is 34.5.